The lowest BCUT2D eigenvalue weighted by atomic mass is 10.1. The van der Waals surface area contributed by atoms with Crippen molar-refractivity contribution in [1.82, 2.24) is 0 Å². The Hall–Kier alpha value is 0.250. The fourth-order valence-electron chi connectivity index (χ4n) is 3.09. The van der Waals surface area contributed by atoms with Crippen molar-refractivity contribution in [3.05, 3.63) is 0 Å². The Balaban J connectivity index is 3.73. The van der Waals surface area contributed by atoms with E-state index >= 15 is 0 Å². The van der Waals surface area contributed by atoms with Crippen LogP contribution in [0.2, 0.25) is 0 Å². The predicted molar refractivity (Wildman–Crippen MR) is 98.3 cm³/mol. The molecular weight excluding hydrogens is 278 g/mol. The molecule has 0 saturated heterocycles. The van der Waals surface area contributed by atoms with Crippen molar-refractivity contribution in [2.24, 2.45) is 0 Å². The highest BCUT2D eigenvalue weighted by molar-refractivity contribution is 6.17. The summed E-state index contributed by atoms with van der Waals surface area (Å²) in [5, 5.41) is 0. The zero-order valence-corrected chi connectivity index (χ0v) is 15.9. The van der Waals surface area contributed by atoms with Gasteiger partial charge in [-0.2, -0.15) is 0 Å². The topological polar surface area (TPSA) is 0 Å². The van der Waals surface area contributed by atoms with Gasteiger partial charge in [0.25, 0.3) is 0 Å². The monoisotopic (exact) mass is 318 g/mol. The van der Waals surface area contributed by atoms with E-state index in [9.17, 15) is 0 Å². The molecule has 0 aliphatic rings. The molecule has 0 radical (unpaired) electrons. The van der Waals surface area contributed by atoms with Crippen molar-refractivity contribution in [1.29, 1.82) is 0 Å². The maximum absolute atomic E-state index is 6.03. The molecule has 0 bridgehead atoms. The molecule has 0 rings (SSSR count). The molecule has 0 saturated carbocycles. The molecule has 0 atom stereocenters. The highest BCUT2D eigenvalue weighted by atomic mass is 35.5. The van der Waals surface area contributed by atoms with E-state index in [0.29, 0.717) is 0 Å². The molecule has 0 amide bonds. The Kier molecular flexibility index (Phi) is 15.3. The molecule has 0 unspecified atom stereocenters. The maximum Gasteiger partial charge on any atom is 0.0922 e. The number of hydrogen-bond donors (Lipinski definition) is 0. The smallest absolute Gasteiger partial charge is 0.0922 e. The molecule has 0 spiro atoms. The van der Waals surface area contributed by atoms with Crippen molar-refractivity contribution < 1.29 is 4.48 Å². The fourth-order valence-corrected chi connectivity index (χ4v) is 3.50. The zero-order valence-electron chi connectivity index (χ0n) is 15.1. The van der Waals surface area contributed by atoms with Gasteiger partial charge in [-0.05, 0) is 25.7 Å². The molecule has 0 N–H and O–H groups in total. The lowest BCUT2D eigenvalue weighted by molar-refractivity contribution is -0.907. The molecule has 2 heteroatoms. The molecule has 0 aromatic rings. The minimum absolute atomic E-state index is 0.808. The number of rotatable bonds is 16. The molecule has 128 valence electrons. The second-order valence-corrected chi connectivity index (χ2v) is 7.39. The molecule has 0 fully saturated rings. The second kappa shape index (κ2) is 15.2. The Morgan fingerprint density at radius 2 is 0.952 bits per heavy atom. The quantitative estimate of drug-likeness (QED) is 0.176. The summed E-state index contributed by atoms with van der Waals surface area (Å²) < 4.78 is 1.20. The van der Waals surface area contributed by atoms with Crippen LogP contribution in [-0.4, -0.2) is 37.0 Å². The summed E-state index contributed by atoms with van der Waals surface area (Å²) in [6.45, 7) is 8.37. The second-order valence-electron chi connectivity index (χ2n) is 7.01. The SMILES string of the molecule is CCCCCCCC[N+](C)(CCCl)CCCCCCCC. The maximum atomic E-state index is 6.03. The van der Waals surface area contributed by atoms with E-state index in [2.05, 4.69) is 20.9 Å². The van der Waals surface area contributed by atoms with E-state index in [4.69, 9.17) is 11.6 Å². The number of nitrogens with zero attached hydrogens (tertiary/aromatic N) is 1. The summed E-state index contributed by atoms with van der Waals surface area (Å²) >= 11 is 6.03. The minimum atomic E-state index is 0.808. The predicted octanol–water partition coefficient (Wildman–Crippen LogP) is 6.39. The molecular formula is C19H41ClN+. The van der Waals surface area contributed by atoms with E-state index in [1.807, 2.05) is 0 Å². The van der Waals surface area contributed by atoms with Gasteiger partial charge in [0.2, 0.25) is 0 Å². The summed E-state index contributed by atoms with van der Waals surface area (Å²) in [5.41, 5.74) is 0. The largest absolute Gasteiger partial charge is 0.325 e. The van der Waals surface area contributed by atoms with E-state index < -0.39 is 0 Å². The van der Waals surface area contributed by atoms with Gasteiger partial charge in [0.15, 0.2) is 0 Å². The van der Waals surface area contributed by atoms with Crippen LogP contribution in [0.1, 0.15) is 90.9 Å². The van der Waals surface area contributed by atoms with Crippen molar-refractivity contribution >= 4 is 11.6 Å². The van der Waals surface area contributed by atoms with Crippen LogP contribution in [0.5, 0.6) is 0 Å². The van der Waals surface area contributed by atoms with Crippen LogP contribution in [0.4, 0.5) is 0 Å². The first-order chi connectivity index (χ1) is 10.2. The highest BCUT2D eigenvalue weighted by Gasteiger charge is 2.19. The van der Waals surface area contributed by atoms with Crippen LogP contribution in [0.25, 0.3) is 0 Å². The Labute approximate surface area is 140 Å². The number of halogens is 1. The Morgan fingerprint density at radius 1 is 0.571 bits per heavy atom. The lowest BCUT2D eigenvalue weighted by Crippen LogP contribution is -2.47. The van der Waals surface area contributed by atoms with Crippen LogP contribution in [0.3, 0.4) is 0 Å². The molecule has 0 aliphatic carbocycles. The number of quaternary nitrogens is 1. The van der Waals surface area contributed by atoms with E-state index in [-0.39, 0.29) is 0 Å². The summed E-state index contributed by atoms with van der Waals surface area (Å²) in [4.78, 5) is 0. The van der Waals surface area contributed by atoms with Crippen LogP contribution in [0.15, 0.2) is 0 Å². The molecule has 0 aliphatic heterocycles. The number of hydrogen-bond acceptors (Lipinski definition) is 0. The van der Waals surface area contributed by atoms with Crippen LogP contribution < -0.4 is 0 Å². The lowest BCUT2D eigenvalue weighted by Gasteiger charge is -2.34. The van der Waals surface area contributed by atoms with Gasteiger partial charge in [-0.1, -0.05) is 65.2 Å². The first kappa shape index (κ1) is 21.2. The Bertz CT molecular complexity index is 190. The van der Waals surface area contributed by atoms with Crippen LogP contribution >= 0.6 is 11.6 Å². The van der Waals surface area contributed by atoms with Gasteiger partial charge < -0.3 is 4.48 Å². The van der Waals surface area contributed by atoms with Gasteiger partial charge in [-0.3, -0.25) is 0 Å². The van der Waals surface area contributed by atoms with Gasteiger partial charge in [-0.15, -0.1) is 11.6 Å². The first-order valence-corrected chi connectivity index (χ1v) is 10.1. The van der Waals surface area contributed by atoms with Crippen molar-refractivity contribution in [2.45, 2.75) is 90.9 Å². The zero-order chi connectivity index (χ0) is 15.8. The highest BCUT2D eigenvalue weighted by Crippen LogP contribution is 2.13. The number of alkyl halides is 1. The standard InChI is InChI=1S/C19H41ClN/c1-4-6-8-10-12-14-17-21(3,19-16-20)18-15-13-11-9-7-5-2/h4-19H2,1-3H3/q+1. The average molecular weight is 319 g/mol. The van der Waals surface area contributed by atoms with Crippen molar-refractivity contribution in [2.75, 3.05) is 32.6 Å². The fraction of sp³-hybridized carbons (Fsp3) is 1.00. The third-order valence-corrected chi connectivity index (χ3v) is 4.90. The average Bonchev–Trinajstić information content (AvgIpc) is 2.47. The summed E-state index contributed by atoms with van der Waals surface area (Å²) in [5.74, 6) is 0.808. The molecule has 21 heavy (non-hydrogen) atoms. The summed E-state index contributed by atoms with van der Waals surface area (Å²) in [7, 11) is 2.42. The van der Waals surface area contributed by atoms with Gasteiger partial charge >= 0.3 is 0 Å². The van der Waals surface area contributed by atoms with Crippen molar-refractivity contribution in [3.63, 3.8) is 0 Å². The van der Waals surface area contributed by atoms with Gasteiger partial charge in [0, 0.05) is 0 Å². The summed E-state index contributed by atoms with van der Waals surface area (Å²) in [6.07, 6.45) is 16.8. The molecule has 0 heterocycles. The van der Waals surface area contributed by atoms with E-state index in [1.54, 1.807) is 0 Å². The first-order valence-electron chi connectivity index (χ1n) is 9.58. The van der Waals surface area contributed by atoms with Crippen molar-refractivity contribution in [3.8, 4) is 0 Å². The van der Waals surface area contributed by atoms with Gasteiger partial charge in [0.1, 0.15) is 0 Å². The third-order valence-electron chi connectivity index (χ3n) is 4.73. The molecule has 0 aromatic carbocycles. The van der Waals surface area contributed by atoms with Gasteiger partial charge in [0.05, 0.1) is 32.6 Å². The van der Waals surface area contributed by atoms with E-state index in [1.165, 1.54) is 94.6 Å². The summed E-state index contributed by atoms with van der Waals surface area (Å²) in [6, 6.07) is 0. The molecule has 1 nitrogen and oxygen atoms in total. The minimum Gasteiger partial charge on any atom is -0.325 e. The normalized spacial score (nSPS) is 12.0. The Morgan fingerprint density at radius 3 is 1.33 bits per heavy atom. The van der Waals surface area contributed by atoms with Crippen LogP contribution in [0, 0.1) is 0 Å². The van der Waals surface area contributed by atoms with E-state index in [0.717, 1.165) is 12.4 Å². The molecule has 0 aromatic heterocycles. The van der Waals surface area contributed by atoms with Gasteiger partial charge in [-0.25, -0.2) is 0 Å². The van der Waals surface area contributed by atoms with Crippen LogP contribution in [-0.2, 0) is 0 Å². The number of unbranched alkanes of at least 4 members (excludes halogenated alkanes) is 10. The third kappa shape index (κ3) is 13.6.